The molecule has 0 aromatic carbocycles. The molecule has 0 aromatic rings. The van der Waals surface area contributed by atoms with Crippen molar-refractivity contribution in [3.05, 3.63) is 0 Å². The number of sulfonamides is 1. The van der Waals surface area contributed by atoms with Crippen molar-refractivity contribution in [3.8, 4) is 0 Å². The van der Waals surface area contributed by atoms with Gasteiger partial charge in [-0.15, -0.1) is 0 Å². The van der Waals surface area contributed by atoms with Crippen LogP contribution in [0.2, 0.25) is 0 Å². The first kappa shape index (κ1) is 17.3. The Bertz CT molecular complexity index is 348. The third kappa shape index (κ3) is 5.32. The van der Waals surface area contributed by atoms with Crippen molar-refractivity contribution in [1.29, 1.82) is 0 Å². The summed E-state index contributed by atoms with van der Waals surface area (Å²) >= 11 is 0. The Morgan fingerprint density at radius 2 is 1.89 bits per heavy atom. The van der Waals surface area contributed by atoms with E-state index in [1.54, 1.807) is 13.8 Å². The van der Waals surface area contributed by atoms with Crippen molar-refractivity contribution in [2.24, 2.45) is 5.41 Å². The van der Waals surface area contributed by atoms with E-state index in [0.29, 0.717) is 25.9 Å². The van der Waals surface area contributed by atoms with Gasteiger partial charge >= 0.3 is 5.97 Å². The number of ether oxygens (including phenoxy) is 1. The predicted molar refractivity (Wildman–Crippen MR) is 68.9 cm³/mol. The van der Waals surface area contributed by atoms with Crippen LogP contribution in [-0.4, -0.2) is 45.5 Å². The number of aliphatic carboxylic acids is 1. The van der Waals surface area contributed by atoms with Gasteiger partial charge in [0.2, 0.25) is 10.0 Å². The highest BCUT2D eigenvalue weighted by atomic mass is 32.2. The molecule has 7 heteroatoms. The smallest absolute Gasteiger partial charge is 0.310 e. The molecular formula is C11H23NO5S. The summed E-state index contributed by atoms with van der Waals surface area (Å²) in [7, 11) is -1.93. The van der Waals surface area contributed by atoms with Crippen LogP contribution >= 0.6 is 0 Å². The maximum absolute atomic E-state index is 11.6. The zero-order chi connectivity index (χ0) is 14.2. The Morgan fingerprint density at radius 1 is 1.33 bits per heavy atom. The third-order valence-electron chi connectivity index (χ3n) is 3.20. The molecule has 0 heterocycles. The zero-order valence-corrected chi connectivity index (χ0v) is 12.0. The monoisotopic (exact) mass is 281 g/mol. The lowest BCUT2D eigenvalue weighted by Crippen LogP contribution is -2.43. The van der Waals surface area contributed by atoms with Crippen LogP contribution in [-0.2, 0) is 19.6 Å². The molecule has 0 aliphatic heterocycles. The number of rotatable bonds is 10. The number of carboxylic acids is 1. The normalized spacial score (nSPS) is 12.6. The van der Waals surface area contributed by atoms with E-state index in [2.05, 4.69) is 4.72 Å². The lowest BCUT2D eigenvalue weighted by molar-refractivity contribution is -0.149. The highest BCUT2D eigenvalue weighted by Gasteiger charge is 2.35. The number of carbonyl (C=O) groups is 1. The summed E-state index contributed by atoms with van der Waals surface area (Å²) in [6.45, 7) is 3.80. The molecule has 0 amide bonds. The van der Waals surface area contributed by atoms with Gasteiger partial charge in [0, 0.05) is 20.3 Å². The van der Waals surface area contributed by atoms with E-state index < -0.39 is 21.4 Å². The molecule has 6 nitrogen and oxygen atoms in total. The Morgan fingerprint density at radius 3 is 2.28 bits per heavy atom. The average molecular weight is 281 g/mol. The van der Waals surface area contributed by atoms with Gasteiger partial charge in [-0.3, -0.25) is 4.79 Å². The van der Waals surface area contributed by atoms with Crippen molar-refractivity contribution in [1.82, 2.24) is 4.72 Å². The average Bonchev–Trinajstić information content (AvgIpc) is 2.30. The Kier molecular flexibility index (Phi) is 7.42. The second-order valence-electron chi connectivity index (χ2n) is 4.28. The first-order valence-corrected chi connectivity index (χ1v) is 7.68. The summed E-state index contributed by atoms with van der Waals surface area (Å²) in [6, 6.07) is 0. The molecule has 0 saturated heterocycles. The van der Waals surface area contributed by atoms with Crippen LogP contribution < -0.4 is 4.72 Å². The van der Waals surface area contributed by atoms with Crippen LogP contribution in [0.25, 0.3) is 0 Å². The van der Waals surface area contributed by atoms with Crippen LogP contribution in [0, 0.1) is 5.41 Å². The predicted octanol–water partition coefficient (Wildman–Crippen LogP) is 0.833. The summed E-state index contributed by atoms with van der Waals surface area (Å²) in [5.41, 5.74) is -1.02. The van der Waals surface area contributed by atoms with Crippen LogP contribution in [0.3, 0.4) is 0 Å². The van der Waals surface area contributed by atoms with Gasteiger partial charge in [0.1, 0.15) is 0 Å². The van der Waals surface area contributed by atoms with Crippen molar-refractivity contribution in [3.63, 3.8) is 0 Å². The van der Waals surface area contributed by atoms with E-state index in [4.69, 9.17) is 4.74 Å². The molecule has 108 valence electrons. The molecule has 0 fully saturated rings. The summed E-state index contributed by atoms with van der Waals surface area (Å²) in [4.78, 5) is 11.2. The highest BCUT2D eigenvalue weighted by Crippen LogP contribution is 2.25. The summed E-state index contributed by atoms with van der Waals surface area (Å²) < 4.78 is 30.4. The standard InChI is InChI=1S/C11H23NO5S/c1-4-11(5-2,10(13)14)9-12-18(15,16)8-6-7-17-3/h12H,4-9H2,1-3H3,(H,13,14). The van der Waals surface area contributed by atoms with E-state index in [0.717, 1.165) is 0 Å². The highest BCUT2D eigenvalue weighted by molar-refractivity contribution is 7.89. The number of carboxylic acid groups (broad SMARTS) is 1. The number of hydrogen-bond acceptors (Lipinski definition) is 4. The molecule has 0 aromatic heterocycles. The quantitative estimate of drug-likeness (QED) is 0.579. The van der Waals surface area contributed by atoms with E-state index in [1.807, 2.05) is 0 Å². The Balaban J connectivity index is 4.48. The van der Waals surface area contributed by atoms with E-state index in [9.17, 15) is 18.3 Å². The van der Waals surface area contributed by atoms with E-state index in [1.165, 1.54) is 7.11 Å². The molecule has 2 N–H and O–H groups in total. The SMILES string of the molecule is CCC(CC)(CNS(=O)(=O)CCCOC)C(=O)O. The van der Waals surface area contributed by atoms with Crippen LogP contribution in [0.5, 0.6) is 0 Å². The van der Waals surface area contributed by atoms with Gasteiger partial charge in [0.05, 0.1) is 11.2 Å². The fourth-order valence-corrected chi connectivity index (χ4v) is 2.73. The van der Waals surface area contributed by atoms with Crippen LogP contribution in [0.4, 0.5) is 0 Å². The molecule has 0 bridgehead atoms. The van der Waals surface area contributed by atoms with Gasteiger partial charge in [0.25, 0.3) is 0 Å². The van der Waals surface area contributed by atoms with Gasteiger partial charge in [0.15, 0.2) is 0 Å². The maximum atomic E-state index is 11.6. The topological polar surface area (TPSA) is 92.7 Å². The Hall–Kier alpha value is -0.660. The van der Waals surface area contributed by atoms with Gasteiger partial charge in [-0.05, 0) is 19.3 Å². The fourth-order valence-electron chi connectivity index (χ4n) is 1.59. The molecule has 0 rings (SSSR count). The fraction of sp³-hybridized carbons (Fsp3) is 0.909. The van der Waals surface area contributed by atoms with Crippen LogP contribution in [0.15, 0.2) is 0 Å². The first-order valence-electron chi connectivity index (χ1n) is 6.03. The first-order chi connectivity index (χ1) is 8.33. The molecule has 0 radical (unpaired) electrons. The van der Waals surface area contributed by atoms with Crippen molar-refractivity contribution < 1.29 is 23.1 Å². The molecular weight excluding hydrogens is 258 g/mol. The van der Waals surface area contributed by atoms with Gasteiger partial charge in [-0.2, -0.15) is 0 Å². The number of methoxy groups -OCH3 is 1. The second kappa shape index (κ2) is 7.70. The Labute approximate surface area is 109 Å². The lowest BCUT2D eigenvalue weighted by atomic mass is 9.83. The van der Waals surface area contributed by atoms with Crippen molar-refractivity contribution >= 4 is 16.0 Å². The molecule has 0 saturated carbocycles. The minimum absolute atomic E-state index is 0.0516. The molecule has 0 aliphatic rings. The summed E-state index contributed by atoms with van der Waals surface area (Å²) in [6.07, 6.45) is 1.17. The molecule has 18 heavy (non-hydrogen) atoms. The maximum Gasteiger partial charge on any atom is 0.310 e. The minimum atomic E-state index is -3.43. The summed E-state index contributed by atoms with van der Waals surface area (Å²) in [5, 5.41) is 9.18. The van der Waals surface area contributed by atoms with Gasteiger partial charge in [-0.1, -0.05) is 13.8 Å². The summed E-state index contributed by atoms with van der Waals surface area (Å²) in [5.74, 6) is -1.02. The third-order valence-corrected chi connectivity index (χ3v) is 4.61. The largest absolute Gasteiger partial charge is 0.481 e. The molecule has 0 unspecified atom stereocenters. The molecule has 0 atom stereocenters. The van der Waals surface area contributed by atoms with E-state index in [-0.39, 0.29) is 12.3 Å². The van der Waals surface area contributed by atoms with Gasteiger partial charge < -0.3 is 9.84 Å². The molecule has 0 spiro atoms. The second-order valence-corrected chi connectivity index (χ2v) is 6.21. The van der Waals surface area contributed by atoms with Gasteiger partial charge in [-0.25, -0.2) is 13.1 Å². The zero-order valence-electron chi connectivity index (χ0n) is 11.2. The minimum Gasteiger partial charge on any atom is -0.481 e. The van der Waals surface area contributed by atoms with Crippen molar-refractivity contribution in [2.75, 3.05) is 26.0 Å². The number of nitrogens with one attached hydrogen (secondary N) is 1. The van der Waals surface area contributed by atoms with Crippen LogP contribution in [0.1, 0.15) is 33.1 Å². The lowest BCUT2D eigenvalue weighted by Gasteiger charge is -2.26. The van der Waals surface area contributed by atoms with Crippen molar-refractivity contribution in [2.45, 2.75) is 33.1 Å². The van der Waals surface area contributed by atoms with E-state index >= 15 is 0 Å². The number of hydrogen-bond donors (Lipinski definition) is 2. The molecule has 0 aliphatic carbocycles.